The van der Waals surface area contributed by atoms with Crippen molar-refractivity contribution in [2.24, 2.45) is 0 Å². The summed E-state index contributed by atoms with van der Waals surface area (Å²) < 4.78 is 9.39. The van der Waals surface area contributed by atoms with Crippen LogP contribution in [0.5, 0.6) is 0 Å². The first kappa shape index (κ1) is 30.0. The van der Waals surface area contributed by atoms with Crippen LogP contribution in [0.15, 0.2) is 192 Å². The van der Waals surface area contributed by atoms with E-state index >= 15 is 0 Å². The Kier molecular flexibility index (Phi) is 6.76. The van der Waals surface area contributed by atoms with Gasteiger partial charge in [0, 0.05) is 47.7 Å². The van der Waals surface area contributed by atoms with Crippen molar-refractivity contribution in [3.63, 3.8) is 0 Å². The van der Waals surface area contributed by atoms with E-state index in [4.69, 9.17) is 4.42 Å². The van der Waals surface area contributed by atoms with Crippen LogP contribution < -0.4 is 4.90 Å². The highest BCUT2D eigenvalue weighted by Crippen LogP contribution is 2.49. The molecule has 9 aromatic carbocycles. The highest BCUT2D eigenvalue weighted by molar-refractivity contribution is 7.26. The molecular weight excluding hydrogens is 663 g/mol. The molecule has 11 aromatic rings. The van der Waals surface area contributed by atoms with Gasteiger partial charge in [0.2, 0.25) is 0 Å². The van der Waals surface area contributed by atoms with Crippen LogP contribution in [0.2, 0.25) is 0 Å². The van der Waals surface area contributed by atoms with Crippen LogP contribution in [0.3, 0.4) is 0 Å². The molecule has 0 saturated heterocycles. The van der Waals surface area contributed by atoms with Crippen LogP contribution in [0, 0.1) is 0 Å². The molecule has 0 aliphatic carbocycles. The molecular formula is C50H31NOS. The van der Waals surface area contributed by atoms with Gasteiger partial charge in [0.05, 0.1) is 5.69 Å². The van der Waals surface area contributed by atoms with Crippen LogP contribution in [0.4, 0.5) is 17.1 Å². The maximum absolute atomic E-state index is 6.94. The zero-order valence-electron chi connectivity index (χ0n) is 28.7. The standard InChI is InChI=1S/C50H31NOS/c1-2-9-32(10-3-1)34-19-24-39(25-20-34)51(40-26-21-35(22-27-40)38-18-17-33-11-4-5-13-37(33)31-38)44-15-8-16-45-47(44)48-46(53-45)30-29-43-42-28-23-36-12-6-7-14-41(36)49(42)52-50(43)48/h1-31H. The summed E-state index contributed by atoms with van der Waals surface area (Å²) in [4.78, 5) is 2.41. The van der Waals surface area contributed by atoms with E-state index in [1.54, 1.807) is 0 Å². The second-order valence-corrected chi connectivity index (χ2v) is 14.8. The van der Waals surface area contributed by atoms with Gasteiger partial charge in [0.25, 0.3) is 0 Å². The van der Waals surface area contributed by atoms with Crippen molar-refractivity contribution < 1.29 is 4.42 Å². The number of anilines is 3. The second-order valence-electron chi connectivity index (χ2n) is 13.7. The molecule has 0 fully saturated rings. The van der Waals surface area contributed by atoms with Gasteiger partial charge in [0.15, 0.2) is 0 Å². The summed E-state index contributed by atoms with van der Waals surface area (Å²) in [5.41, 5.74) is 9.99. The largest absolute Gasteiger partial charge is 0.455 e. The molecule has 0 aliphatic heterocycles. The summed E-state index contributed by atoms with van der Waals surface area (Å²) in [6, 6.07) is 67.9. The summed E-state index contributed by atoms with van der Waals surface area (Å²) in [7, 11) is 0. The number of thiophene rings is 1. The molecule has 0 radical (unpaired) electrons. The molecule has 0 N–H and O–H groups in total. The van der Waals surface area contributed by atoms with Gasteiger partial charge in [-0.1, -0.05) is 127 Å². The molecule has 0 aliphatic rings. The van der Waals surface area contributed by atoms with Gasteiger partial charge in [-0.25, -0.2) is 0 Å². The van der Waals surface area contributed by atoms with E-state index in [2.05, 4.69) is 193 Å². The number of rotatable bonds is 5. The van der Waals surface area contributed by atoms with E-state index in [9.17, 15) is 0 Å². The summed E-state index contributed by atoms with van der Waals surface area (Å²) >= 11 is 1.83. The lowest BCUT2D eigenvalue weighted by Crippen LogP contribution is -2.10. The van der Waals surface area contributed by atoms with Gasteiger partial charge in [0.1, 0.15) is 11.2 Å². The first-order valence-corrected chi connectivity index (χ1v) is 18.8. The van der Waals surface area contributed by atoms with E-state index in [1.807, 2.05) is 11.3 Å². The van der Waals surface area contributed by atoms with Crippen LogP contribution in [-0.2, 0) is 0 Å². The van der Waals surface area contributed by atoms with Crippen molar-refractivity contribution >= 4 is 92.1 Å². The Balaban J connectivity index is 1.13. The zero-order chi connectivity index (χ0) is 34.9. The number of nitrogens with zero attached hydrogens (tertiary/aromatic N) is 1. The molecule has 2 nitrogen and oxygen atoms in total. The fourth-order valence-electron chi connectivity index (χ4n) is 8.06. The Morgan fingerprint density at radius 1 is 0.358 bits per heavy atom. The Morgan fingerprint density at radius 3 is 1.74 bits per heavy atom. The normalized spacial score (nSPS) is 11.8. The summed E-state index contributed by atoms with van der Waals surface area (Å²) in [6.07, 6.45) is 0. The molecule has 11 rings (SSSR count). The van der Waals surface area contributed by atoms with Crippen molar-refractivity contribution in [3.8, 4) is 22.3 Å². The van der Waals surface area contributed by atoms with Crippen molar-refractivity contribution in [3.05, 3.63) is 188 Å². The molecule has 0 saturated carbocycles. The predicted molar refractivity (Wildman–Crippen MR) is 227 cm³/mol. The number of benzene rings is 9. The maximum Gasteiger partial charge on any atom is 0.144 e. The minimum atomic E-state index is 0.943. The third kappa shape index (κ3) is 4.86. The third-order valence-corrected chi connectivity index (χ3v) is 11.8. The van der Waals surface area contributed by atoms with Crippen LogP contribution in [-0.4, -0.2) is 0 Å². The molecule has 3 heteroatoms. The average Bonchev–Trinajstić information content (AvgIpc) is 3.81. The van der Waals surface area contributed by atoms with E-state index in [1.165, 1.54) is 53.2 Å². The zero-order valence-corrected chi connectivity index (χ0v) is 29.5. The van der Waals surface area contributed by atoms with E-state index in [0.717, 1.165) is 49.8 Å². The topological polar surface area (TPSA) is 16.4 Å². The predicted octanol–water partition coefficient (Wildman–Crippen LogP) is 15.1. The van der Waals surface area contributed by atoms with Crippen LogP contribution in [0.1, 0.15) is 0 Å². The van der Waals surface area contributed by atoms with E-state index in [-0.39, 0.29) is 0 Å². The van der Waals surface area contributed by atoms with Crippen molar-refractivity contribution in [2.45, 2.75) is 0 Å². The quantitative estimate of drug-likeness (QED) is 0.178. The maximum atomic E-state index is 6.94. The van der Waals surface area contributed by atoms with Gasteiger partial charge in [-0.3, -0.25) is 0 Å². The van der Waals surface area contributed by atoms with Gasteiger partial charge in [-0.05, 0) is 99.1 Å². The van der Waals surface area contributed by atoms with Crippen molar-refractivity contribution in [1.29, 1.82) is 0 Å². The highest BCUT2D eigenvalue weighted by Gasteiger charge is 2.22. The lowest BCUT2D eigenvalue weighted by Gasteiger charge is -2.27. The number of fused-ring (bicyclic) bond motifs is 10. The molecule has 0 unspecified atom stereocenters. The minimum absolute atomic E-state index is 0.943. The van der Waals surface area contributed by atoms with Gasteiger partial charge < -0.3 is 9.32 Å². The Hall–Kier alpha value is -6.68. The van der Waals surface area contributed by atoms with E-state index < -0.39 is 0 Å². The Labute approximate surface area is 310 Å². The van der Waals surface area contributed by atoms with Crippen molar-refractivity contribution in [2.75, 3.05) is 4.90 Å². The molecule has 2 aromatic heterocycles. The van der Waals surface area contributed by atoms with Gasteiger partial charge in [-0.15, -0.1) is 11.3 Å². The molecule has 0 amide bonds. The van der Waals surface area contributed by atoms with Crippen LogP contribution in [0.25, 0.3) is 85.9 Å². The molecule has 2 heterocycles. The van der Waals surface area contributed by atoms with Crippen molar-refractivity contribution in [1.82, 2.24) is 0 Å². The number of hydrogen-bond acceptors (Lipinski definition) is 3. The SMILES string of the molecule is c1ccc(-c2ccc(N(c3ccc(-c4ccc5ccccc5c4)cc3)c3cccc4sc5ccc6c7ccc8ccccc8c7oc6c5c34)cc2)cc1. The minimum Gasteiger partial charge on any atom is -0.455 e. The molecule has 53 heavy (non-hydrogen) atoms. The Bertz CT molecular complexity index is 3150. The monoisotopic (exact) mass is 693 g/mol. The average molecular weight is 694 g/mol. The van der Waals surface area contributed by atoms with Crippen LogP contribution >= 0.6 is 11.3 Å². The number of furan rings is 1. The third-order valence-electron chi connectivity index (χ3n) is 10.6. The fourth-order valence-corrected chi connectivity index (χ4v) is 9.19. The summed E-state index contributed by atoms with van der Waals surface area (Å²) in [5.74, 6) is 0. The van der Waals surface area contributed by atoms with E-state index in [0.29, 0.717) is 0 Å². The molecule has 0 spiro atoms. The lowest BCUT2D eigenvalue weighted by atomic mass is 10.0. The summed E-state index contributed by atoms with van der Waals surface area (Å²) in [6.45, 7) is 0. The lowest BCUT2D eigenvalue weighted by molar-refractivity contribution is 0.677. The fraction of sp³-hybridized carbons (Fsp3) is 0. The first-order chi connectivity index (χ1) is 26.3. The molecule has 0 atom stereocenters. The second kappa shape index (κ2) is 11.9. The highest BCUT2D eigenvalue weighted by atomic mass is 32.1. The first-order valence-electron chi connectivity index (χ1n) is 18.0. The molecule has 0 bridgehead atoms. The molecule has 248 valence electrons. The summed E-state index contributed by atoms with van der Waals surface area (Å²) in [5, 5.41) is 9.48. The smallest absolute Gasteiger partial charge is 0.144 e. The number of hydrogen-bond donors (Lipinski definition) is 0. The van der Waals surface area contributed by atoms with Gasteiger partial charge in [-0.2, -0.15) is 0 Å². The van der Waals surface area contributed by atoms with Gasteiger partial charge >= 0.3 is 0 Å². The Morgan fingerprint density at radius 2 is 0.943 bits per heavy atom.